The first kappa shape index (κ1) is 10.5. The Hall–Kier alpha value is -1.02. The number of hydrogen-bond acceptors (Lipinski definition) is 2. The fourth-order valence-corrected chi connectivity index (χ4v) is 1.97. The standard InChI is InChI=1S/C13H19NO/c1-8(2)11-7-10(5-6-12(11)15)13(14)9-3-4-9/h5-9,13,15H,3-4,14H2,1-2H3. The van der Waals surface area contributed by atoms with Crippen molar-refractivity contribution in [1.82, 2.24) is 0 Å². The Balaban J connectivity index is 2.28. The summed E-state index contributed by atoms with van der Waals surface area (Å²) in [5.41, 5.74) is 8.31. The van der Waals surface area contributed by atoms with Crippen molar-refractivity contribution in [3.8, 4) is 5.75 Å². The van der Waals surface area contributed by atoms with Crippen LogP contribution in [0.15, 0.2) is 18.2 Å². The number of rotatable bonds is 3. The molecule has 2 rings (SSSR count). The Morgan fingerprint density at radius 1 is 1.33 bits per heavy atom. The molecule has 1 aromatic rings. The van der Waals surface area contributed by atoms with Gasteiger partial charge in [-0.15, -0.1) is 0 Å². The van der Waals surface area contributed by atoms with Crippen LogP contribution in [0.2, 0.25) is 0 Å². The lowest BCUT2D eigenvalue weighted by atomic mass is 9.95. The summed E-state index contributed by atoms with van der Waals surface area (Å²) in [4.78, 5) is 0. The predicted octanol–water partition coefficient (Wildman–Crippen LogP) is 2.93. The minimum Gasteiger partial charge on any atom is -0.508 e. The molecule has 0 heterocycles. The maximum Gasteiger partial charge on any atom is 0.119 e. The number of aromatic hydroxyl groups is 1. The molecule has 1 aliphatic rings. The summed E-state index contributed by atoms with van der Waals surface area (Å²) in [6.07, 6.45) is 2.50. The average molecular weight is 205 g/mol. The normalized spacial score (nSPS) is 18.1. The van der Waals surface area contributed by atoms with Gasteiger partial charge in [0.2, 0.25) is 0 Å². The van der Waals surface area contributed by atoms with Crippen LogP contribution in [-0.4, -0.2) is 5.11 Å². The molecule has 1 atom stereocenters. The third-order valence-electron chi connectivity index (χ3n) is 3.19. The Kier molecular flexibility index (Phi) is 2.70. The molecule has 2 heteroatoms. The summed E-state index contributed by atoms with van der Waals surface area (Å²) in [6, 6.07) is 5.93. The van der Waals surface area contributed by atoms with Crippen LogP contribution >= 0.6 is 0 Å². The lowest BCUT2D eigenvalue weighted by molar-refractivity contribution is 0.464. The average Bonchev–Trinajstić information content (AvgIpc) is 3.00. The van der Waals surface area contributed by atoms with Crippen LogP contribution in [0, 0.1) is 5.92 Å². The van der Waals surface area contributed by atoms with Crippen LogP contribution in [-0.2, 0) is 0 Å². The summed E-state index contributed by atoms with van der Waals surface area (Å²) in [6.45, 7) is 4.17. The minimum atomic E-state index is 0.156. The zero-order chi connectivity index (χ0) is 11.0. The van der Waals surface area contributed by atoms with Gasteiger partial charge in [-0.05, 0) is 41.9 Å². The van der Waals surface area contributed by atoms with Crippen molar-refractivity contribution in [2.45, 2.75) is 38.6 Å². The van der Waals surface area contributed by atoms with Gasteiger partial charge in [0.05, 0.1) is 0 Å². The van der Waals surface area contributed by atoms with Gasteiger partial charge in [-0.2, -0.15) is 0 Å². The van der Waals surface area contributed by atoms with Crippen LogP contribution in [0.5, 0.6) is 5.75 Å². The van der Waals surface area contributed by atoms with E-state index in [0.29, 0.717) is 17.6 Å². The molecule has 0 amide bonds. The maximum atomic E-state index is 9.70. The molecule has 1 aromatic carbocycles. The van der Waals surface area contributed by atoms with E-state index >= 15 is 0 Å². The molecule has 0 saturated heterocycles. The first-order valence-corrected chi connectivity index (χ1v) is 5.68. The van der Waals surface area contributed by atoms with Gasteiger partial charge in [0.15, 0.2) is 0 Å². The van der Waals surface area contributed by atoms with Gasteiger partial charge in [-0.3, -0.25) is 0 Å². The zero-order valence-electron chi connectivity index (χ0n) is 9.40. The molecule has 1 fully saturated rings. The van der Waals surface area contributed by atoms with E-state index in [9.17, 15) is 5.11 Å². The molecule has 0 radical (unpaired) electrons. The van der Waals surface area contributed by atoms with Gasteiger partial charge in [-0.1, -0.05) is 26.0 Å². The van der Waals surface area contributed by atoms with Crippen molar-refractivity contribution < 1.29 is 5.11 Å². The van der Waals surface area contributed by atoms with E-state index in [1.54, 1.807) is 6.07 Å². The van der Waals surface area contributed by atoms with Crippen LogP contribution in [0.4, 0.5) is 0 Å². The Morgan fingerprint density at radius 3 is 2.53 bits per heavy atom. The van der Waals surface area contributed by atoms with E-state index in [-0.39, 0.29) is 6.04 Å². The lowest BCUT2D eigenvalue weighted by Crippen LogP contribution is -2.12. The van der Waals surface area contributed by atoms with Crippen molar-refractivity contribution >= 4 is 0 Å². The molecule has 1 saturated carbocycles. The first-order chi connectivity index (χ1) is 7.09. The minimum absolute atomic E-state index is 0.156. The highest BCUT2D eigenvalue weighted by Gasteiger charge is 2.29. The van der Waals surface area contributed by atoms with E-state index in [1.807, 2.05) is 6.07 Å². The molecular weight excluding hydrogens is 186 g/mol. The van der Waals surface area contributed by atoms with Gasteiger partial charge >= 0.3 is 0 Å². The highest BCUT2D eigenvalue weighted by molar-refractivity contribution is 5.39. The van der Waals surface area contributed by atoms with E-state index in [0.717, 1.165) is 5.56 Å². The molecular formula is C13H19NO. The first-order valence-electron chi connectivity index (χ1n) is 5.68. The fraction of sp³-hybridized carbons (Fsp3) is 0.538. The summed E-state index contributed by atoms with van der Waals surface area (Å²) in [7, 11) is 0. The zero-order valence-corrected chi connectivity index (χ0v) is 9.40. The summed E-state index contributed by atoms with van der Waals surface area (Å²) in [5.74, 6) is 1.39. The third-order valence-corrected chi connectivity index (χ3v) is 3.19. The van der Waals surface area contributed by atoms with E-state index in [1.165, 1.54) is 18.4 Å². The molecule has 15 heavy (non-hydrogen) atoms. The van der Waals surface area contributed by atoms with Crippen LogP contribution in [0.25, 0.3) is 0 Å². The quantitative estimate of drug-likeness (QED) is 0.797. The summed E-state index contributed by atoms with van der Waals surface area (Å²) < 4.78 is 0. The van der Waals surface area contributed by atoms with Crippen LogP contribution < -0.4 is 5.73 Å². The second-order valence-electron chi connectivity index (χ2n) is 4.84. The van der Waals surface area contributed by atoms with E-state index < -0.39 is 0 Å². The number of phenolic OH excluding ortho intramolecular Hbond substituents is 1. The van der Waals surface area contributed by atoms with Gasteiger partial charge in [0, 0.05) is 6.04 Å². The van der Waals surface area contributed by atoms with Crippen LogP contribution in [0.1, 0.15) is 49.8 Å². The van der Waals surface area contributed by atoms with Crippen molar-refractivity contribution in [3.05, 3.63) is 29.3 Å². The second-order valence-corrected chi connectivity index (χ2v) is 4.84. The molecule has 3 N–H and O–H groups in total. The molecule has 0 aliphatic heterocycles. The van der Waals surface area contributed by atoms with E-state index in [4.69, 9.17) is 5.73 Å². The highest BCUT2D eigenvalue weighted by atomic mass is 16.3. The summed E-state index contributed by atoms with van der Waals surface area (Å²) in [5, 5.41) is 9.70. The van der Waals surface area contributed by atoms with E-state index in [2.05, 4.69) is 19.9 Å². The Bertz CT molecular complexity index is 356. The molecule has 82 valence electrons. The van der Waals surface area contributed by atoms with Gasteiger partial charge in [-0.25, -0.2) is 0 Å². The van der Waals surface area contributed by atoms with Crippen molar-refractivity contribution in [2.24, 2.45) is 11.7 Å². The summed E-state index contributed by atoms with van der Waals surface area (Å²) >= 11 is 0. The van der Waals surface area contributed by atoms with Gasteiger partial charge in [0.1, 0.15) is 5.75 Å². The van der Waals surface area contributed by atoms with Crippen molar-refractivity contribution in [1.29, 1.82) is 0 Å². The van der Waals surface area contributed by atoms with Crippen LogP contribution in [0.3, 0.4) is 0 Å². The highest BCUT2D eigenvalue weighted by Crippen LogP contribution is 2.40. The largest absolute Gasteiger partial charge is 0.508 e. The van der Waals surface area contributed by atoms with Gasteiger partial charge in [0.25, 0.3) is 0 Å². The predicted molar refractivity (Wildman–Crippen MR) is 61.8 cm³/mol. The second kappa shape index (κ2) is 3.86. The fourth-order valence-electron chi connectivity index (χ4n) is 1.97. The molecule has 1 aliphatic carbocycles. The molecule has 0 aromatic heterocycles. The van der Waals surface area contributed by atoms with Crippen molar-refractivity contribution in [2.75, 3.05) is 0 Å². The Labute approximate surface area is 91.1 Å². The molecule has 2 nitrogen and oxygen atoms in total. The smallest absolute Gasteiger partial charge is 0.119 e. The number of benzene rings is 1. The third kappa shape index (κ3) is 2.15. The van der Waals surface area contributed by atoms with Gasteiger partial charge < -0.3 is 10.8 Å². The molecule has 0 spiro atoms. The number of phenols is 1. The number of nitrogens with two attached hydrogens (primary N) is 1. The lowest BCUT2D eigenvalue weighted by Gasteiger charge is -2.15. The molecule has 0 bridgehead atoms. The van der Waals surface area contributed by atoms with Crippen molar-refractivity contribution in [3.63, 3.8) is 0 Å². The maximum absolute atomic E-state index is 9.70. The number of hydrogen-bond donors (Lipinski definition) is 2. The molecule has 1 unspecified atom stereocenters. The Morgan fingerprint density at radius 2 is 2.00 bits per heavy atom. The monoisotopic (exact) mass is 205 g/mol. The topological polar surface area (TPSA) is 46.2 Å². The SMILES string of the molecule is CC(C)c1cc(C(N)C2CC2)ccc1O.